The van der Waals surface area contributed by atoms with Crippen LogP contribution >= 0.6 is 22.6 Å². The third kappa shape index (κ3) is 2.86. The van der Waals surface area contributed by atoms with Crippen LogP contribution in [0.1, 0.15) is 11.1 Å². The van der Waals surface area contributed by atoms with Gasteiger partial charge in [0.15, 0.2) is 0 Å². The number of halogens is 1. The lowest BCUT2D eigenvalue weighted by Gasteiger charge is -2.12. The molecule has 0 amide bonds. The highest BCUT2D eigenvalue weighted by atomic mass is 127. The van der Waals surface area contributed by atoms with Gasteiger partial charge in [0, 0.05) is 35.1 Å². The van der Waals surface area contributed by atoms with Crippen molar-refractivity contribution in [3.05, 3.63) is 57.2 Å². The van der Waals surface area contributed by atoms with Crippen LogP contribution in [0.3, 0.4) is 0 Å². The number of nitrogens with zero attached hydrogens (tertiary/aromatic N) is 1. The third-order valence-electron chi connectivity index (χ3n) is 3.61. The maximum Gasteiger partial charge on any atom is 0.0400 e. The fraction of sp³-hybridized carbons (Fsp3) is 0.250. The second-order valence-electron chi connectivity index (χ2n) is 5.00. The van der Waals surface area contributed by atoms with Crippen molar-refractivity contribution in [2.45, 2.75) is 13.0 Å². The molecule has 0 saturated carbocycles. The number of fused-ring (bicyclic) bond motifs is 1. The molecule has 3 heteroatoms. The smallest absolute Gasteiger partial charge is 0.0400 e. The molecule has 0 radical (unpaired) electrons. The molecule has 0 saturated heterocycles. The lowest BCUT2D eigenvalue weighted by molar-refractivity contribution is 0.955. The summed E-state index contributed by atoms with van der Waals surface area (Å²) in [7, 11) is 2.16. The van der Waals surface area contributed by atoms with Crippen molar-refractivity contribution in [3.8, 4) is 0 Å². The van der Waals surface area contributed by atoms with Gasteiger partial charge in [0.25, 0.3) is 0 Å². The van der Waals surface area contributed by atoms with Crippen molar-refractivity contribution in [3.63, 3.8) is 0 Å². The zero-order valence-electron chi connectivity index (χ0n) is 11.0. The molecule has 19 heavy (non-hydrogen) atoms. The maximum atomic E-state index is 3.47. The Bertz CT molecular complexity index is 578. The molecule has 0 bridgehead atoms. The molecule has 2 aromatic carbocycles. The van der Waals surface area contributed by atoms with Crippen LogP contribution in [-0.4, -0.2) is 13.6 Å². The molecule has 1 N–H and O–H groups in total. The minimum absolute atomic E-state index is 0.886. The van der Waals surface area contributed by atoms with Crippen molar-refractivity contribution in [2.75, 3.05) is 23.8 Å². The topological polar surface area (TPSA) is 15.3 Å². The molecule has 2 aromatic rings. The monoisotopic (exact) mass is 364 g/mol. The van der Waals surface area contributed by atoms with Crippen molar-refractivity contribution < 1.29 is 0 Å². The van der Waals surface area contributed by atoms with E-state index < -0.39 is 0 Å². The number of benzene rings is 2. The van der Waals surface area contributed by atoms with Crippen LogP contribution in [-0.2, 0) is 13.0 Å². The Morgan fingerprint density at radius 2 is 1.95 bits per heavy atom. The molecule has 1 aliphatic rings. The summed E-state index contributed by atoms with van der Waals surface area (Å²) < 4.78 is 1.27. The fourth-order valence-electron chi connectivity index (χ4n) is 2.50. The van der Waals surface area contributed by atoms with Crippen molar-refractivity contribution in [1.82, 2.24) is 0 Å². The van der Waals surface area contributed by atoms with E-state index in [0.29, 0.717) is 0 Å². The highest BCUT2D eigenvalue weighted by Gasteiger charge is 2.15. The number of hydrogen-bond donors (Lipinski definition) is 1. The number of anilines is 2. The molecule has 1 aliphatic heterocycles. The van der Waals surface area contributed by atoms with E-state index in [1.807, 2.05) is 0 Å². The van der Waals surface area contributed by atoms with Gasteiger partial charge in [-0.15, -0.1) is 0 Å². The van der Waals surface area contributed by atoms with Gasteiger partial charge in [0.1, 0.15) is 0 Å². The van der Waals surface area contributed by atoms with Gasteiger partial charge in [-0.05, 0) is 70.5 Å². The number of rotatable bonds is 3. The van der Waals surface area contributed by atoms with E-state index in [9.17, 15) is 0 Å². The van der Waals surface area contributed by atoms with Crippen LogP contribution in [0.15, 0.2) is 42.5 Å². The highest BCUT2D eigenvalue weighted by Crippen LogP contribution is 2.27. The van der Waals surface area contributed by atoms with E-state index in [-0.39, 0.29) is 0 Å². The Morgan fingerprint density at radius 3 is 2.74 bits per heavy atom. The molecule has 0 aliphatic carbocycles. The lowest BCUT2D eigenvalue weighted by Crippen LogP contribution is -2.12. The van der Waals surface area contributed by atoms with Gasteiger partial charge in [-0.2, -0.15) is 0 Å². The van der Waals surface area contributed by atoms with Gasteiger partial charge in [0.05, 0.1) is 0 Å². The summed E-state index contributed by atoms with van der Waals surface area (Å²) in [4.78, 5) is 2.33. The first-order valence-electron chi connectivity index (χ1n) is 6.55. The summed E-state index contributed by atoms with van der Waals surface area (Å²) >= 11 is 2.33. The average molecular weight is 364 g/mol. The average Bonchev–Trinajstić information content (AvgIpc) is 2.79. The van der Waals surface area contributed by atoms with E-state index in [4.69, 9.17) is 0 Å². The zero-order chi connectivity index (χ0) is 13.2. The van der Waals surface area contributed by atoms with Crippen LogP contribution in [0.5, 0.6) is 0 Å². The van der Waals surface area contributed by atoms with E-state index in [1.54, 1.807) is 0 Å². The summed E-state index contributed by atoms with van der Waals surface area (Å²) in [6.07, 6.45) is 1.17. The van der Waals surface area contributed by atoms with Gasteiger partial charge in [-0.3, -0.25) is 0 Å². The maximum absolute atomic E-state index is 3.47. The SMILES string of the molecule is CN1CCc2cc(CNc3ccc(I)cc3)ccc21. The van der Waals surface area contributed by atoms with Gasteiger partial charge >= 0.3 is 0 Å². The molecule has 3 rings (SSSR count). The summed E-state index contributed by atoms with van der Waals surface area (Å²) in [5, 5.41) is 3.47. The van der Waals surface area contributed by atoms with E-state index in [1.165, 1.54) is 32.5 Å². The van der Waals surface area contributed by atoms with E-state index in [2.05, 4.69) is 82.3 Å². The molecule has 0 fully saturated rings. The molecule has 0 unspecified atom stereocenters. The molecule has 0 atom stereocenters. The minimum atomic E-state index is 0.886. The molecule has 2 nitrogen and oxygen atoms in total. The third-order valence-corrected chi connectivity index (χ3v) is 4.33. The Labute approximate surface area is 128 Å². The summed E-state index contributed by atoms with van der Waals surface area (Å²) in [6, 6.07) is 15.3. The molecule has 0 aromatic heterocycles. The molecule has 98 valence electrons. The summed E-state index contributed by atoms with van der Waals surface area (Å²) in [6.45, 7) is 2.03. The second kappa shape index (κ2) is 5.41. The number of hydrogen-bond acceptors (Lipinski definition) is 2. The van der Waals surface area contributed by atoms with Gasteiger partial charge in [-0.25, -0.2) is 0 Å². The van der Waals surface area contributed by atoms with Crippen LogP contribution in [0.25, 0.3) is 0 Å². The highest BCUT2D eigenvalue weighted by molar-refractivity contribution is 14.1. The summed E-state index contributed by atoms with van der Waals surface area (Å²) in [5.41, 5.74) is 5.40. The second-order valence-corrected chi connectivity index (χ2v) is 6.24. The number of nitrogens with one attached hydrogen (secondary N) is 1. The number of likely N-dealkylation sites (N-methyl/N-ethyl adjacent to an activating group) is 1. The summed E-state index contributed by atoms with van der Waals surface area (Å²) in [5.74, 6) is 0. The van der Waals surface area contributed by atoms with Gasteiger partial charge in [-0.1, -0.05) is 12.1 Å². The predicted octanol–water partition coefficient (Wildman–Crippen LogP) is 3.90. The van der Waals surface area contributed by atoms with Crippen LogP contribution in [0, 0.1) is 3.57 Å². The van der Waals surface area contributed by atoms with E-state index >= 15 is 0 Å². The van der Waals surface area contributed by atoms with Crippen LogP contribution in [0.2, 0.25) is 0 Å². The predicted molar refractivity (Wildman–Crippen MR) is 89.9 cm³/mol. The van der Waals surface area contributed by atoms with Crippen molar-refractivity contribution in [1.29, 1.82) is 0 Å². The van der Waals surface area contributed by atoms with Crippen LogP contribution in [0.4, 0.5) is 11.4 Å². The first-order chi connectivity index (χ1) is 9.22. The van der Waals surface area contributed by atoms with Crippen LogP contribution < -0.4 is 10.2 Å². The van der Waals surface area contributed by atoms with Crippen molar-refractivity contribution in [2.24, 2.45) is 0 Å². The normalized spacial score (nSPS) is 13.5. The standard InChI is InChI=1S/C16H17IN2/c1-19-9-8-13-10-12(2-7-16(13)19)11-18-15-5-3-14(17)4-6-15/h2-7,10,18H,8-9,11H2,1H3. The lowest BCUT2D eigenvalue weighted by atomic mass is 10.1. The first-order valence-corrected chi connectivity index (χ1v) is 7.62. The fourth-order valence-corrected chi connectivity index (χ4v) is 2.86. The Kier molecular flexibility index (Phi) is 3.64. The molecular formula is C16H17IN2. The molecule has 0 spiro atoms. The Hall–Kier alpha value is -1.23. The van der Waals surface area contributed by atoms with Crippen molar-refractivity contribution >= 4 is 34.0 Å². The van der Waals surface area contributed by atoms with Gasteiger partial charge < -0.3 is 10.2 Å². The molecule has 1 heterocycles. The largest absolute Gasteiger partial charge is 0.381 e. The first kappa shape index (κ1) is 12.8. The van der Waals surface area contributed by atoms with Gasteiger partial charge in [0.2, 0.25) is 0 Å². The Balaban J connectivity index is 1.69. The zero-order valence-corrected chi connectivity index (χ0v) is 13.1. The quantitative estimate of drug-likeness (QED) is 0.832. The van der Waals surface area contributed by atoms with E-state index in [0.717, 1.165) is 13.1 Å². The Morgan fingerprint density at radius 1 is 1.16 bits per heavy atom. The minimum Gasteiger partial charge on any atom is -0.381 e. The molecular weight excluding hydrogens is 347 g/mol.